The summed E-state index contributed by atoms with van der Waals surface area (Å²) in [5.74, 6) is -0.133. The molecule has 0 spiro atoms. The van der Waals surface area contributed by atoms with Crippen molar-refractivity contribution in [1.82, 2.24) is 9.78 Å². The summed E-state index contributed by atoms with van der Waals surface area (Å²) in [7, 11) is 1.80. The van der Waals surface area contributed by atoms with Gasteiger partial charge in [-0.2, -0.15) is 5.10 Å². The van der Waals surface area contributed by atoms with E-state index in [-0.39, 0.29) is 5.91 Å². The number of hydrogen-bond acceptors (Lipinski definition) is 3. The van der Waals surface area contributed by atoms with E-state index in [1.807, 2.05) is 31.2 Å². The first kappa shape index (κ1) is 14.3. The molecule has 3 N–H and O–H groups in total. The Kier molecular flexibility index (Phi) is 4.53. The van der Waals surface area contributed by atoms with Crippen LogP contribution >= 0.6 is 0 Å². The predicted molar refractivity (Wildman–Crippen MR) is 79.7 cm³/mol. The average Bonchev–Trinajstić information content (AvgIpc) is 2.76. The molecule has 0 bridgehead atoms. The van der Waals surface area contributed by atoms with Crippen LogP contribution in [0.2, 0.25) is 0 Å². The molecule has 0 saturated carbocycles. The molecule has 2 rings (SSSR count). The van der Waals surface area contributed by atoms with Gasteiger partial charge in [-0.25, -0.2) is 0 Å². The normalized spacial score (nSPS) is 10.6. The molecule has 20 heavy (non-hydrogen) atoms. The minimum Gasteiger partial charge on any atom is -0.330 e. The number of aryl methyl sites for hydroxylation is 3. The summed E-state index contributed by atoms with van der Waals surface area (Å²) in [6.45, 7) is 2.50. The number of nitrogens with two attached hydrogens (primary N) is 1. The molecule has 1 aromatic heterocycles. The molecule has 2 aromatic rings. The molecule has 0 atom stereocenters. The number of nitrogens with one attached hydrogen (secondary N) is 1. The molecule has 5 nitrogen and oxygen atoms in total. The van der Waals surface area contributed by atoms with Crippen molar-refractivity contribution < 1.29 is 4.79 Å². The number of hydrogen-bond donors (Lipinski definition) is 2. The number of carbonyl (C=O) groups is 1. The van der Waals surface area contributed by atoms with Gasteiger partial charge in [-0.15, -0.1) is 0 Å². The molecule has 0 aliphatic rings. The van der Waals surface area contributed by atoms with E-state index in [1.54, 1.807) is 17.9 Å². The van der Waals surface area contributed by atoms with Crippen molar-refractivity contribution in [1.29, 1.82) is 0 Å². The van der Waals surface area contributed by atoms with Crippen molar-refractivity contribution in [3.05, 3.63) is 47.3 Å². The van der Waals surface area contributed by atoms with Gasteiger partial charge in [0.15, 0.2) is 0 Å². The van der Waals surface area contributed by atoms with E-state index in [9.17, 15) is 4.79 Å². The fraction of sp³-hybridized carbons (Fsp3) is 0.333. The van der Waals surface area contributed by atoms with Gasteiger partial charge in [-0.05, 0) is 44.0 Å². The molecule has 1 heterocycles. The van der Waals surface area contributed by atoms with Crippen molar-refractivity contribution in [2.45, 2.75) is 19.8 Å². The maximum absolute atomic E-state index is 12.2. The summed E-state index contributed by atoms with van der Waals surface area (Å²) in [5, 5.41) is 7.08. The molecule has 1 amide bonds. The number of rotatable bonds is 5. The third kappa shape index (κ3) is 3.45. The minimum absolute atomic E-state index is 0.133. The van der Waals surface area contributed by atoms with Gasteiger partial charge in [-0.3, -0.25) is 9.48 Å². The second-order valence-corrected chi connectivity index (χ2v) is 4.85. The molecule has 0 fully saturated rings. The van der Waals surface area contributed by atoms with E-state index in [4.69, 9.17) is 5.73 Å². The van der Waals surface area contributed by atoms with Gasteiger partial charge in [-0.1, -0.05) is 12.1 Å². The summed E-state index contributed by atoms with van der Waals surface area (Å²) in [4.78, 5) is 12.2. The second kappa shape index (κ2) is 6.34. The van der Waals surface area contributed by atoms with Gasteiger partial charge in [0.1, 0.15) is 0 Å². The van der Waals surface area contributed by atoms with E-state index in [2.05, 4.69) is 10.4 Å². The molecule has 0 saturated heterocycles. The van der Waals surface area contributed by atoms with Gasteiger partial charge in [0.25, 0.3) is 5.91 Å². The highest BCUT2D eigenvalue weighted by Gasteiger charge is 2.12. The third-order valence-corrected chi connectivity index (χ3v) is 3.11. The molecule has 5 heteroatoms. The highest BCUT2D eigenvalue weighted by molar-refractivity contribution is 6.04. The molecular weight excluding hydrogens is 252 g/mol. The van der Waals surface area contributed by atoms with E-state index in [1.165, 1.54) is 5.56 Å². The number of benzene rings is 1. The van der Waals surface area contributed by atoms with Crippen LogP contribution < -0.4 is 11.1 Å². The summed E-state index contributed by atoms with van der Waals surface area (Å²) >= 11 is 0. The van der Waals surface area contributed by atoms with Crippen LogP contribution in [0.5, 0.6) is 0 Å². The van der Waals surface area contributed by atoms with Gasteiger partial charge in [0.2, 0.25) is 0 Å². The lowest BCUT2D eigenvalue weighted by atomic mass is 10.1. The number of amides is 1. The monoisotopic (exact) mass is 272 g/mol. The number of aromatic nitrogens is 2. The molecule has 0 aliphatic heterocycles. The Morgan fingerprint density at radius 2 is 2.25 bits per heavy atom. The quantitative estimate of drug-likeness (QED) is 0.872. The third-order valence-electron chi connectivity index (χ3n) is 3.11. The van der Waals surface area contributed by atoms with Crippen LogP contribution in [0.4, 0.5) is 5.69 Å². The largest absolute Gasteiger partial charge is 0.330 e. The van der Waals surface area contributed by atoms with E-state index in [0.29, 0.717) is 12.1 Å². The fourth-order valence-corrected chi connectivity index (χ4v) is 2.13. The van der Waals surface area contributed by atoms with E-state index >= 15 is 0 Å². The molecule has 0 radical (unpaired) electrons. The SMILES string of the molecule is Cc1nn(C)cc1C(=O)Nc1cccc(CCCN)c1. The van der Waals surface area contributed by atoms with Crippen LogP contribution in [0.25, 0.3) is 0 Å². The first-order valence-corrected chi connectivity index (χ1v) is 6.70. The van der Waals surface area contributed by atoms with Crippen molar-refractivity contribution in [3.63, 3.8) is 0 Å². The Hall–Kier alpha value is -2.14. The average molecular weight is 272 g/mol. The van der Waals surface area contributed by atoms with Crippen LogP contribution in [-0.4, -0.2) is 22.2 Å². The zero-order valence-electron chi connectivity index (χ0n) is 11.9. The molecule has 106 valence electrons. The van der Waals surface area contributed by atoms with Crippen LogP contribution in [0.15, 0.2) is 30.5 Å². The Balaban J connectivity index is 2.09. The number of anilines is 1. The lowest BCUT2D eigenvalue weighted by molar-refractivity contribution is 0.102. The van der Waals surface area contributed by atoms with E-state index in [0.717, 1.165) is 24.2 Å². The van der Waals surface area contributed by atoms with Crippen LogP contribution in [0.1, 0.15) is 28.0 Å². The zero-order valence-corrected chi connectivity index (χ0v) is 11.9. The van der Waals surface area contributed by atoms with Gasteiger partial charge in [0.05, 0.1) is 11.3 Å². The molecular formula is C15H20N4O. The van der Waals surface area contributed by atoms with Crippen molar-refractivity contribution >= 4 is 11.6 Å². The van der Waals surface area contributed by atoms with Gasteiger partial charge >= 0.3 is 0 Å². The lowest BCUT2D eigenvalue weighted by Crippen LogP contribution is -2.12. The Morgan fingerprint density at radius 1 is 1.45 bits per heavy atom. The van der Waals surface area contributed by atoms with Gasteiger partial charge in [0, 0.05) is 18.9 Å². The Bertz CT molecular complexity index is 604. The number of carbonyl (C=O) groups excluding carboxylic acids is 1. The highest BCUT2D eigenvalue weighted by atomic mass is 16.1. The zero-order chi connectivity index (χ0) is 14.5. The Morgan fingerprint density at radius 3 is 2.90 bits per heavy atom. The van der Waals surface area contributed by atoms with Crippen molar-refractivity contribution in [3.8, 4) is 0 Å². The predicted octanol–water partition coefficient (Wildman–Crippen LogP) is 1.87. The Labute approximate surface area is 118 Å². The summed E-state index contributed by atoms with van der Waals surface area (Å²) in [6, 6.07) is 7.85. The topological polar surface area (TPSA) is 72.9 Å². The molecule has 1 aromatic carbocycles. The summed E-state index contributed by atoms with van der Waals surface area (Å²) in [5.41, 5.74) is 8.81. The number of nitrogens with zero attached hydrogens (tertiary/aromatic N) is 2. The lowest BCUT2D eigenvalue weighted by Gasteiger charge is -2.06. The second-order valence-electron chi connectivity index (χ2n) is 4.85. The molecule has 0 aliphatic carbocycles. The summed E-state index contributed by atoms with van der Waals surface area (Å²) in [6.07, 6.45) is 3.59. The maximum Gasteiger partial charge on any atom is 0.259 e. The standard InChI is InChI=1S/C15H20N4O/c1-11-14(10-19(2)18-11)15(20)17-13-7-3-5-12(9-13)6-4-8-16/h3,5,7,9-10H,4,6,8,16H2,1-2H3,(H,17,20). The van der Waals surface area contributed by atoms with Crippen LogP contribution in [-0.2, 0) is 13.5 Å². The minimum atomic E-state index is -0.133. The highest BCUT2D eigenvalue weighted by Crippen LogP contribution is 2.14. The summed E-state index contributed by atoms with van der Waals surface area (Å²) < 4.78 is 1.64. The molecule has 0 unspecified atom stereocenters. The first-order chi connectivity index (χ1) is 9.60. The van der Waals surface area contributed by atoms with Gasteiger partial charge < -0.3 is 11.1 Å². The van der Waals surface area contributed by atoms with Crippen molar-refractivity contribution in [2.75, 3.05) is 11.9 Å². The maximum atomic E-state index is 12.2. The smallest absolute Gasteiger partial charge is 0.259 e. The van der Waals surface area contributed by atoms with Crippen LogP contribution in [0, 0.1) is 6.92 Å². The van der Waals surface area contributed by atoms with Crippen molar-refractivity contribution in [2.24, 2.45) is 12.8 Å². The van der Waals surface area contributed by atoms with E-state index < -0.39 is 0 Å². The fourth-order valence-electron chi connectivity index (χ4n) is 2.13. The first-order valence-electron chi connectivity index (χ1n) is 6.70. The van der Waals surface area contributed by atoms with Crippen LogP contribution in [0.3, 0.4) is 0 Å².